The van der Waals surface area contributed by atoms with Crippen LogP contribution in [0, 0.1) is 0 Å². The number of aromatic amines is 2. The number of benzene rings is 2. The lowest BCUT2D eigenvalue weighted by Crippen LogP contribution is -2.31. The fourth-order valence-corrected chi connectivity index (χ4v) is 5.46. The van der Waals surface area contributed by atoms with Gasteiger partial charge in [-0.2, -0.15) is 10.2 Å². The van der Waals surface area contributed by atoms with Gasteiger partial charge in [0.2, 0.25) is 0 Å². The molecule has 8 N–H and O–H groups in total. The molecule has 6 aromatic rings. The SMILES string of the molecule is CCNc1n[nH]c2c(Br)c(NC(=O)N[C@H](C)c3ccccc3)ncc12.CCNc1n[nH]c2cc(NC(=O)N[C@H](C)c3ccccc3)ncc12. The number of urea groups is 2. The van der Waals surface area contributed by atoms with E-state index in [1.807, 2.05) is 88.4 Å². The number of hydrogen-bond acceptors (Lipinski definition) is 8. The lowest BCUT2D eigenvalue weighted by molar-refractivity contribution is 0.248. The summed E-state index contributed by atoms with van der Waals surface area (Å²) >= 11 is 3.48. The van der Waals surface area contributed by atoms with E-state index in [4.69, 9.17) is 0 Å². The van der Waals surface area contributed by atoms with Crippen molar-refractivity contribution in [3.63, 3.8) is 0 Å². The molecule has 15 heteroatoms. The Morgan fingerprint density at radius 3 is 1.84 bits per heavy atom. The van der Waals surface area contributed by atoms with Crippen molar-refractivity contribution in [2.24, 2.45) is 0 Å². The van der Waals surface area contributed by atoms with Crippen molar-refractivity contribution in [3.05, 3.63) is 94.7 Å². The van der Waals surface area contributed by atoms with Gasteiger partial charge < -0.3 is 21.3 Å². The molecule has 2 atom stereocenters. The average Bonchev–Trinajstić information content (AvgIpc) is 3.71. The molecule has 0 radical (unpaired) electrons. The third-order valence-corrected chi connectivity index (χ3v) is 8.23. The van der Waals surface area contributed by atoms with E-state index in [-0.39, 0.29) is 24.1 Å². The van der Waals surface area contributed by atoms with Crippen LogP contribution in [0.4, 0.5) is 32.9 Å². The van der Waals surface area contributed by atoms with E-state index in [0.29, 0.717) is 16.1 Å². The highest BCUT2D eigenvalue weighted by atomic mass is 79.9. The Hall–Kier alpha value is -5.70. The number of pyridine rings is 2. The molecule has 4 aromatic heterocycles. The summed E-state index contributed by atoms with van der Waals surface area (Å²) in [7, 11) is 0. The summed E-state index contributed by atoms with van der Waals surface area (Å²) in [5.41, 5.74) is 3.66. The number of anilines is 4. The molecular formula is C34H39BrN12O2. The lowest BCUT2D eigenvalue weighted by atomic mass is 10.1. The average molecular weight is 728 g/mol. The molecule has 0 unspecified atom stereocenters. The maximum absolute atomic E-state index is 12.3. The number of fused-ring (bicyclic) bond motifs is 2. The molecule has 0 aliphatic heterocycles. The minimum Gasteiger partial charge on any atom is -0.368 e. The van der Waals surface area contributed by atoms with E-state index in [9.17, 15) is 9.59 Å². The predicted octanol–water partition coefficient (Wildman–Crippen LogP) is 7.31. The summed E-state index contributed by atoms with van der Waals surface area (Å²) in [6.07, 6.45) is 3.37. The van der Waals surface area contributed by atoms with E-state index < -0.39 is 0 Å². The number of H-pyrrole nitrogens is 2. The number of halogens is 1. The first-order chi connectivity index (χ1) is 23.8. The Kier molecular flexibility index (Phi) is 11.6. The second kappa shape index (κ2) is 16.4. The Balaban J connectivity index is 0.000000191. The van der Waals surface area contributed by atoms with Crippen LogP contribution in [0.3, 0.4) is 0 Å². The van der Waals surface area contributed by atoms with Gasteiger partial charge in [-0.25, -0.2) is 19.6 Å². The number of carbonyl (C=O) groups excluding carboxylic acids is 2. The third-order valence-electron chi connectivity index (χ3n) is 7.46. The summed E-state index contributed by atoms with van der Waals surface area (Å²) in [6, 6.07) is 20.5. The van der Waals surface area contributed by atoms with Crippen LogP contribution >= 0.6 is 15.9 Å². The number of nitrogens with zero attached hydrogens (tertiary/aromatic N) is 4. The zero-order valence-electron chi connectivity index (χ0n) is 27.6. The highest BCUT2D eigenvalue weighted by Crippen LogP contribution is 2.31. The van der Waals surface area contributed by atoms with Gasteiger partial charge in [-0.1, -0.05) is 60.7 Å². The van der Waals surface area contributed by atoms with E-state index >= 15 is 0 Å². The van der Waals surface area contributed by atoms with Crippen LogP contribution in [-0.4, -0.2) is 55.5 Å². The number of aromatic nitrogens is 6. The van der Waals surface area contributed by atoms with Crippen molar-refractivity contribution in [1.82, 2.24) is 41.0 Å². The molecule has 0 spiro atoms. The van der Waals surface area contributed by atoms with Gasteiger partial charge in [0.05, 0.1) is 38.4 Å². The van der Waals surface area contributed by atoms with Crippen LogP contribution in [0.2, 0.25) is 0 Å². The minimum atomic E-state index is -0.324. The maximum atomic E-state index is 12.3. The fourth-order valence-electron chi connectivity index (χ4n) is 4.96. The quantitative estimate of drug-likeness (QED) is 0.0721. The van der Waals surface area contributed by atoms with Crippen LogP contribution in [0.1, 0.15) is 50.9 Å². The summed E-state index contributed by atoms with van der Waals surface area (Å²) < 4.78 is 0.657. The molecule has 6 rings (SSSR count). The van der Waals surface area contributed by atoms with E-state index in [2.05, 4.69) is 78.2 Å². The van der Waals surface area contributed by atoms with Crippen molar-refractivity contribution < 1.29 is 9.59 Å². The van der Waals surface area contributed by atoms with Gasteiger partial charge in [0, 0.05) is 31.5 Å². The zero-order chi connectivity index (χ0) is 34.8. The Bertz CT molecular complexity index is 2000. The minimum absolute atomic E-state index is 0.0950. The second-order valence-corrected chi connectivity index (χ2v) is 11.8. The van der Waals surface area contributed by atoms with E-state index in [0.717, 1.165) is 57.7 Å². The summed E-state index contributed by atoms with van der Waals surface area (Å²) in [5.74, 6) is 2.39. The molecule has 0 aliphatic carbocycles. The summed E-state index contributed by atoms with van der Waals surface area (Å²) in [6.45, 7) is 9.40. The van der Waals surface area contributed by atoms with Crippen molar-refractivity contribution >= 4 is 73.1 Å². The van der Waals surface area contributed by atoms with Crippen molar-refractivity contribution in [3.8, 4) is 0 Å². The van der Waals surface area contributed by atoms with Crippen LogP contribution < -0.4 is 31.9 Å². The van der Waals surface area contributed by atoms with Crippen LogP contribution in [-0.2, 0) is 0 Å². The number of hydrogen-bond donors (Lipinski definition) is 8. The molecule has 0 bridgehead atoms. The normalized spacial score (nSPS) is 11.9. The molecule has 49 heavy (non-hydrogen) atoms. The molecule has 0 saturated heterocycles. The smallest absolute Gasteiger partial charge is 0.320 e. The van der Waals surface area contributed by atoms with Crippen LogP contribution in [0.25, 0.3) is 21.8 Å². The standard InChI is InChI=1S/C17H19BrN6O.C17H20N6O/c1-3-19-15-12-9-20-16(13(18)14(12)23-24-15)22-17(25)21-10(2)11-7-5-4-6-8-11;1-3-18-16-13-10-19-15(9-14(13)22-23-16)21-17(24)20-11(2)12-7-5-4-6-8-12/h4-10H,3H2,1-2H3,(H2,19,23,24)(H2,20,21,22,25);4-11H,3H2,1-2H3,(H2,18,22,23)(H2,19,20,21,24)/t10-;11-/m11/s1. The molecule has 4 amide bonds. The Morgan fingerprint density at radius 1 is 0.714 bits per heavy atom. The number of amides is 4. The van der Waals surface area contributed by atoms with Crippen LogP contribution in [0.5, 0.6) is 0 Å². The molecule has 2 aromatic carbocycles. The second-order valence-electron chi connectivity index (χ2n) is 11.0. The highest BCUT2D eigenvalue weighted by Gasteiger charge is 2.16. The largest absolute Gasteiger partial charge is 0.368 e. The van der Waals surface area contributed by atoms with Gasteiger partial charge in [-0.3, -0.25) is 20.8 Å². The summed E-state index contributed by atoms with van der Waals surface area (Å²) in [4.78, 5) is 33.0. The topological polar surface area (TPSA) is 189 Å². The monoisotopic (exact) mass is 726 g/mol. The molecule has 0 fully saturated rings. The van der Waals surface area contributed by atoms with E-state index in [1.54, 1.807) is 18.5 Å². The number of carbonyl (C=O) groups is 2. The van der Waals surface area contributed by atoms with E-state index in [1.165, 1.54) is 0 Å². The molecule has 4 heterocycles. The van der Waals surface area contributed by atoms with Gasteiger partial charge in [-0.05, 0) is 54.8 Å². The number of rotatable bonds is 10. The van der Waals surface area contributed by atoms with Crippen molar-refractivity contribution in [2.75, 3.05) is 34.4 Å². The highest BCUT2D eigenvalue weighted by molar-refractivity contribution is 9.10. The molecule has 0 aliphatic rings. The molecule has 14 nitrogen and oxygen atoms in total. The first-order valence-corrected chi connectivity index (χ1v) is 16.7. The van der Waals surface area contributed by atoms with Gasteiger partial charge in [0.15, 0.2) is 17.5 Å². The molecule has 254 valence electrons. The first-order valence-electron chi connectivity index (χ1n) is 15.9. The van der Waals surface area contributed by atoms with Gasteiger partial charge in [-0.15, -0.1) is 0 Å². The van der Waals surface area contributed by atoms with Crippen LogP contribution in [0.15, 0.2) is 83.6 Å². The fraction of sp³-hybridized carbons (Fsp3) is 0.235. The Morgan fingerprint density at radius 2 is 1.24 bits per heavy atom. The van der Waals surface area contributed by atoms with Gasteiger partial charge in [0.25, 0.3) is 0 Å². The maximum Gasteiger partial charge on any atom is 0.320 e. The van der Waals surface area contributed by atoms with Crippen molar-refractivity contribution in [2.45, 2.75) is 39.8 Å². The molecule has 0 saturated carbocycles. The molecular weight excluding hydrogens is 688 g/mol. The van der Waals surface area contributed by atoms with Crippen molar-refractivity contribution in [1.29, 1.82) is 0 Å². The lowest BCUT2D eigenvalue weighted by Gasteiger charge is -2.15. The van der Waals surface area contributed by atoms with Gasteiger partial charge in [0.1, 0.15) is 5.82 Å². The Labute approximate surface area is 291 Å². The number of nitrogens with one attached hydrogen (secondary N) is 8. The predicted molar refractivity (Wildman–Crippen MR) is 198 cm³/mol. The zero-order valence-corrected chi connectivity index (χ0v) is 29.1. The summed E-state index contributed by atoms with van der Waals surface area (Å²) in [5, 5.41) is 33.6. The third kappa shape index (κ3) is 8.81. The van der Waals surface area contributed by atoms with Gasteiger partial charge >= 0.3 is 12.1 Å². The first kappa shape index (κ1) is 34.6.